The molecule has 1 fully saturated rings. The van der Waals surface area contributed by atoms with Gasteiger partial charge in [-0.05, 0) is 40.8 Å². The van der Waals surface area contributed by atoms with E-state index in [1.165, 1.54) is 12.8 Å². The van der Waals surface area contributed by atoms with Crippen LogP contribution < -0.4 is 5.73 Å². The van der Waals surface area contributed by atoms with Crippen LogP contribution in [0.4, 0.5) is 0 Å². The zero-order valence-corrected chi connectivity index (χ0v) is 12.0. The third-order valence-corrected chi connectivity index (χ3v) is 4.55. The summed E-state index contributed by atoms with van der Waals surface area (Å²) in [5, 5.41) is 0. The minimum Gasteiger partial charge on any atom is -0.466 e. The molecule has 1 aliphatic rings. The maximum atomic E-state index is 6.37. The molecule has 0 radical (unpaired) electrons. The van der Waals surface area contributed by atoms with E-state index < -0.39 is 0 Å². The molecule has 3 nitrogen and oxygen atoms in total. The maximum absolute atomic E-state index is 6.37. The van der Waals surface area contributed by atoms with Gasteiger partial charge in [-0.2, -0.15) is 0 Å². The molecule has 1 saturated carbocycles. The van der Waals surface area contributed by atoms with Crippen LogP contribution in [0.25, 0.3) is 0 Å². The lowest BCUT2D eigenvalue weighted by molar-refractivity contribution is -0.0758. The molecular weight excluding hydrogens is 282 g/mol. The first kappa shape index (κ1) is 13.1. The quantitative estimate of drug-likeness (QED) is 0.927. The Labute approximate surface area is 111 Å². The second-order valence-electron chi connectivity index (χ2n) is 5.08. The molecule has 2 N–H and O–H groups in total. The molecular formula is C13H20BrNO2. The van der Waals surface area contributed by atoms with Crippen LogP contribution in [0.1, 0.15) is 44.4 Å². The van der Waals surface area contributed by atoms with Gasteiger partial charge in [0.05, 0.1) is 22.4 Å². The van der Waals surface area contributed by atoms with Gasteiger partial charge in [-0.15, -0.1) is 0 Å². The van der Waals surface area contributed by atoms with Crippen LogP contribution in [-0.2, 0) is 4.74 Å². The molecule has 0 aromatic carbocycles. The normalized spacial score (nSPS) is 31.4. The predicted molar refractivity (Wildman–Crippen MR) is 70.7 cm³/mol. The van der Waals surface area contributed by atoms with Crippen LogP contribution in [0.3, 0.4) is 0 Å². The molecule has 0 aliphatic heterocycles. The van der Waals surface area contributed by atoms with E-state index in [0.717, 1.165) is 23.1 Å². The van der Waals surface area contributed by atoms with Gasteiger partial charge in [-0.3, -0.25) is 0 Å². The van der Waals surface area contributed by atoms with Crippen molar-refractivity contribution in [2.75, 3.05) is 7.11 Å². The van der Waals surface area contributed by atoms with Gasteiger partial charge in [0.25, 0.3) is 0 Å². The van der Waals surface area contributed by atoms with Crippen LogP contribution in [0.2, 0.25) is 0 Å². The van der Waals surface area contributed by atoms with E-state index in [4.69, 9.17) is 14.9 Å². The van der Waals surface area contributed by atoms with E-state index >= 15 is 0 Å². The third kappa shape index (κ3) is 2.44. The molecule has 0 spiro atoms. The Bertz CT molecular complexity index is 379. The Kier molecular flexibility index (Phi) is 3.95. The Morgan fingerprint density at radius 2 is 2.41 bits per heavy atom. The second kappa shape index (κ2) is 5.12. The van der Waals surface area contributed by atoms with Crippen LogP contribution in [0.15, 0.2) is 21.2 Å². The summed E-state index contributed by atoms with van der Waals surface area (Å²) in [6.45, 7) is 2.26. The fourth-order valence-electron chi connectivity index (χ4n) is 2.90. The van der Waals surface area contributed by atoms with Gasteiger partial charge >= 0.3 is 0 Å². The number of nitrogens with two attached hydrogens (primary N) is 1. The van der Waals surface area contributed by atoms with Gasteiger partial charge < -0.3 is 14.9 Å². The Balaban J connectivity index is 2.26. The molecule has 1 aromatic rings. The van der Waals surface area contributed by atoms with E-state index in [1.54, 1.807) is 13.4 Å². The van der Waals surface area contributed by atoms with Crippen molar-refractivity contribution in [1.29, 1.82) is 0 Å². The van der Waals surface area contributed by atoms with Crippen LogP contribution in [0.5, 0.6) is 0 Å². The van der Waals surface area contributed by atoms with Gasteiger partial charge in [-0.1, -0.05) is 19.8 Å². The summed E-state index contributed by atoms with van der Waals surface area (Å²) in [6, 6.07) is 1.67. The summed E-state index contributed by atoms with van der Waals surface area (Å²) in [5.41, 5.74) is 6.09. The van der Waals surface area contributed by atoms with Gasteiger partial charge in [0, 0.05) is 7.11 Å². The van der Waals surface area contributed by atoms with Gasteiger partial charge in [0.1, 0.15) is 5.76 Å². The largest absolute Gasteiger partial charge is 0.466 e. The second-order valence-corrected chi connectivity index (χ2v) is 5.94. The molecule has 3 atom stereocenters. The molecule has 17 heavy (non-hydrogen) atoms. The minimum atomic E-state index is -0.280. The zero-order chi connectivity index (χ0) is 12.5. The third-order valence-electron chi connectivity index (χ3n) is 3.89. The van der Waals surface area contributed by atoms with E-state index in [0.29, 0.717) is 5.92 Å². The number of rotatable bonds is 3. The van der Waals surface area contributed by atoms with E-state index in [2.05, 4.69) is 22.9 Å². The van der Waals surface area contributed by atoms with Crippen LogP contribution in [0, 0.1) is 5.92 Å². The molecule has 96 valence electrons. The summed E-state index contributed by atoms with van der Waals surface area (Å²) in [5.74, 6) is 1.45. The first-order valence-corrected chi connectivity index (χ1v) is 6.92. The number of hydrogen-bond donors (Lipinski definition) is 1. The molecule has 4 heteroatoms. The fraction of sp³-hybridized carbons (Fsp3) is 0.692. The van der Waals surface area contributed by atoms with Gasteiger partial charge in [-0.25, -0.2) is 0 Å². The lowest BCUT2D eigenvalue weighted by Gasteiger charge is -2.42. The molecule has 0 amide bonds. The van der Waals surface area contributed by atoms with Gasteiger partial charge in [0.2, 0.25) is 0 Å². The van der Waals surface area contributed by atoms with E-state index in [9.17, 15) is 0 Å². The highest BCUT2D eigenvalue weighted by molar-refractivity contribution is 9.10. The van der Waals surface area contributed by atoms with Crippen molar-refractivity contribution >= 4 is 15.9 Å². The maximum Gasteiger partial charge on any atom is 0.137 e. The van der Waals surface area contributed by atoms with Crippen molar-refractivity contribution in [1.82, 2.24) is 0 Å². The van der Waals surface area contributed by atoms with Crippen molar-refractivity contribution in [3.63, 3.8) is 0 Å². The Morgan fingerprint density at radius 1 is 1.65 bits per heavy atom. The number of halogens is 1. The predicted octanol–water partition coefficient (Wildman–Crippen LogP) is 3.64. The van der Waals surface area contributed by atoms with Crippen molar-refractivity contribution in [2.24, 2.45) is 11.7 Å². The molecule has 2 rings (SSSR count). The van der Waals surface area contributed by atoms with Crippen molar-refractivity contribution in [3.8, 4) is 0 Å². The smallest absolute Gasteiger partial charge is 0.137 e. The van der Waals surface area contributed by atoms with E-state index in [1.807, 2.05) is 6.07 Å². The molecule has 0 bridgehead atoms. The zero-order valence-electron chi connectivity index (χ0n) is 10.4. The van der Waals surface area contributed by atoms with Crippen LogP contribution in [-0.4, -0.2) is 12.7 Å². The molecule has 1 heterocycles. The lowest BCUT2D eigenvalue weighted by atomic mass is 9.74. The van der Waals surface area contributed by atoms with Crippen molar-refractivity contribution < 1.29 is 9.15 Å². The number of ether oxygens (including phenoxy) is 1. The van der Waals surface area contributed by atoms with Crippen LogP contribution >= 0.6 is 15.9 Å². The number of methoxy groups -OCH3 is 1. The topological polar surface area (TPSA) is 48.4 Å². The highest BCUT2D eigenvalue weighted by Crippen LogP contribution is 2.43. The Hall–Kier alpha value is -0.320. The van der Waals surface area contributed by atoms with Crippen molar-refractivity contribution in [2.45, 2.75) is 44.2 Å². The first-order valence-electron chi connectivity index (χ1n) is 6.12. The highest BCUT2D eigenvalue weighted by atomic mass is 79.9. The average Bonchev–Trinajstić information content (AvgIpc) is 2.74. The van der Waals surface area contributed by atoms with Crippen molar-refractivity contribution in [3.05, 3.63) is 22.6 Å². The average molecular weight is 302 g/mol. The lowest BCUT2D eigenvalue weighted by Crippen LogP contribution is -2.46. The monoisotopic (exact) mass is 301 g/mol. The fourth-order valence-corrected chi connectivity index (χ4v) is 3.35. The summed E-state index contributed by atoms with van der Waals surface area (Å²) in [6.07, 6.45) is 6.09. The Morgan fingerprint density at radius 3 is 2.94 bits per heavy atom. The standard InChI is InChI=1S/C13H20BrNO2/c1-9-4-3-6-13(8-9,16-2)12(15)11-10(14)5-7-17-11/h5,7,9,12H,3-4,6,8,15H2,1-2H3. The molecule has 1 aliphatic carbocycles. The van der Waals surface area contributed by atoms with Gasteiger partial charge in [0.15, 0.2) is 0 Å². The summed E-state index contributed by atoms with van der Waals surface area (Å²) < 4.78 is 12.2. The number of furan rings is 1. The molecule has 0 saturated heterocycles. The first-order chi connectivity index (χ1) is 8.09. The highest BCUT2D eigenvalue weighted by Gasteiger charge is 2.43. The van der Waals surface area contributed by atoms with E-state index in [-0.39, 0.29) is 11.6 Å². The summed E-state index contributed by atoms with van der Waals surface area (Å²) >= 11 is 3.47. The molecule has 1 aromatic heterocycles. The minimum absolute atomic E-state index is 0.209. The SMILES string of the molecule is COC1(C(N)c2occc2Br)CCCC(C)C1. The number of hydrogen-bond acceptors (Lipinski definition) is 3. The molecule has 3 unspecified atom stereocenters. The summed E-state index contributed by atoms with van der Waals surface area (Å²) in [4.78, 5) is 0. The summed E-state index contributed by atoms with van der Waals surface area (Å²) in [7, 11) is 1.76.